The zero-order valence-electron chi connectivity index (χ0n) is 11.9. The maximum Gasteiger partial charge on any atom is 0.306 e. The Hall–Kier alpha value is -0.530. The molecule has 0 aromatic rings. The Balaban J connectivity index is 3.39. The number of carboxylic acid groups (broad SMARTS) is 1. The fraction of sp³-hybridized carbons (Fsp3) is 0.933. The zero-order chi connectivity index (χ0) is 13.1. The van der Waals surface area contributed by atoms with Gasteiger partial charge in [-0.05, 0) is 18.8 Å². The predicted molar refractivity (Wildman–Crippen MR) is 73.2 cm³/mol. The average Bonchev–Trinajstić information content (AvgIpc) is 2.25. The Morgan fingerprint density at radius 2 is 1.47 bits per heavy atom. The standard InChI is InChI=1S/C15H30O2/c1-4-10-14(15(16)17)12-9-7-5-6-8-11-13(2)3/h13-14H,4-12H2,1-3H3,(H,16,17). The second-order valence-corrected chi connectivity index (χ2v) is 5.56. The highest BCUT2D eigenvalue weighted by Gasteiger charge is 2.15. The number of hydrogen-bond donors (Lipinski definition) is 1. The van der Waals surface area contributed by atoms with Crippen LogP contribution in [0.5, 0.6) is 0 Å². The van der Waals surface area contributed by atoms with Gasteiger partial charge in [-0.2, -0.15) is 0 Å². The van der Waals surface area contributed by atoms with Gasteiger partial charge in [0.15, 0.2) is 0 Å². The lowest BCUT2D eigenvalue weighted by Gasteiger charge is -2.10. The van der Waals surface area contributed by atoms with Gasteiger partial charge in [-0.15, -0.1) is 0 Å². The number of hydrogen-bond acceptors (Lipinski definition) is 1. The molecule has 0 saturated carbocycles. The zero-order valence-corrected chi connectivity index (χ0v) is 11.9. The lowest BCUT2D eigenvalue weighted by molar-refractivity contribution is -0.142. The molecular formula is C15H30O2. The van der Waals surface area contributed by atoms with Crippen LogP contribution >= 0.6 is 0 Å². The minimum absolute atomic E-state index is 0.101. The van der Waals surface area contributed by atoms with E-state index in [9.17, 15) is 4.79 Å². The molecule has 0 aromatic heterocycles. The summed E-state index contributed by atoms with van der Waals surface area (Å²) in [6.45, 7) is 6.59. The molecule has 0 aliphatic carbocycles. The average molecular weight is 242 g/mol. The van der Waals surface area contributed by atoms with E-state index in [-0.39, 0.29) is 5.92 Å². The summed E-state index contributed by atoms with van der Waals surface area (Å²) in [5.74, 6) is 0.110. The third-order valence-electron chi connectivity index (χ3n) is 3.32. The van der Waals surface area contributed by atoms with Crippen LogP contribution in [0.1, 0.15) is 78.6 Å². The van der Waals surface area contributed by atoms with Crippen LogP contribution < -0.4 is 0 Å². The molecule has 0 spiro atoms. The maximum absolute atomic E-state index is 10.9. The lowest BCUT2D eigenvalue weighted by Crippen LogP contribution is -2.13. The van der Waals surface area contributed by atoms with E-state index in [0.29, 0.717) is 0 Å². The van der Waals surface area contributed by atoms with Gasteiger partial charge in [-0.1, -0.05) is 65.7 Å². The van der Waals surface area contributed by atoms with Crippen molar-refractivity contribution in [1.29, 1.82) is 0 Å². The summed E-state index contributed by atoms with van der Waals surface area (Å²) < 4.78 is 0. The van der Waals surface area contributed by atoms with Crippen molar-refractivity contribution in [3.8, 4) is 0 Å². The van der Waals surface area contributed by atoms with Crippen molar-refractivity contribution in [2.45, 2.75) is 78.6 Å². The van der Waals surface area contributed by atoms with Crippen LogP contribution in [0.15, 0.2) is 0 Å². The highest BCUT2D eigenvalue weighted by molar-refractivity contribution is 5.69. The van der Waals surface area contributed by atoms with Crippen molar-refractivity contribution < 1.29 is 9.90 Å². The molecule has 0 bridgehead atoms. The minimum atomic E-state index is -0.605. The fourth-order valence-corrected chi connectivity index (χ4v) is 2.21. The summed E-state index contributed by atoms with van der Waals surface area (Å²) in [7, 11) is 0. The first-order valence-electron chi connectivity index (χ1n) is 7.30. The first-order chi connectivity index (χ1) is 8.07. The number of carboxylic acids is 1. The van der Waals surface area contributed by atoms with Gasteiger partial charge in [0.25, 0.3) is 0 Å². The quantitative estimate of drug-likeness (QED) is 0.525. The van der Waals surface area contributed by atoms with Gasteiger partial charge in [0.2, 0.25) is 0 Å². The Kier molecular flexibility index (Phi) is 10.3. The van der Waals surface area contributed by atoms with E-state index in [2.05, 4.69) is 20.8 Å². The van der Waals surface area contributed by atoms with Gasteiger partial charge in [0.05, 0.1) is 5.92 Å². The van der Waals surface area contributed by atoms with Crippen LogP contribution in [-0.4, -0.2) is 11.1 Å². The molecule has 2 nitrogen and oxygen atoms in total. The summed E-state index contributed by atoms with van der Waals surface area (Å²) in [4.78, 5) is 10.9. The van der Waals surface area contributed by atoms with Gasteiger partial charge in [0.1, 0.15) is 0 Å². The number of carbonyl (C=O) groups is 1. The molecule has 0 aromatic carbocycles. The molecule has 1 atom stereocenters. The smallest absolute Gasteiger partial charge is 0.306 e. The summed E-state index contributed by atoms with van der Waals surface area (Å²) in [6, 6.07) is 0. The van der Waals surface area contributed by atoms with Crippen molar-refractivity contribution in [3.05, 3.63) is 0 Å². The van der Waals surface area contributed by atoms with Gasteiger partial charge < -0.3 is 5.11 Å². The van der Waals surface area contributed by atoms with Gasteiger partial charge in [-0.3, -0.25) is 4.79 Å². The molecule has 0 amide bonds. The van der Waals surface area contributed by atoms with E-state index in [0.717, 1.165) is 31.6 Å². The van der Waals surface area contributed by atoms with Crippen LogP contribution in [0.3, 0.4) is 0 Å². The first-order valence-corrected chi connectivity index (χ1v) is 7.30. The highest BCUT2D eigenvalue weighted by atomic mass is 16.4. The van der Waals surface area contributed by atoms with Crippen LogP contribution in [0, 0.1) is 11.8 Å². The summed E-state index contributed by atoms with van der Waals surface area (Å²) >= 11 is 0. The normalized spacial score (nSPS) is 12.9. The molecule has 0 aliphatic rings. The van der Waals surface area contributed by atoms with Gasteiger partial charge >= 0.3 is 5.97 Å². The second-order valence-electron chi connectivity index (χ2n) is 5.56. The third kappa shape index (κ3) is 10.3. The molecule has 0 radical (unpaired) electrons. The monoisotopic (exact) mass is 242 g/mol. The SMILES string of the molecule is CCCC(CCCCCCCC(C)C)C(=O)O. The molecular weight excluding hydrogens is 212 g/mol. The molecule has 0 saturated heterocycles. The molecule has 0 fully saturated rings. The van der Waals surface area contributed by atoms with E-state index >= 15 is 0 Å². The molecule has 102 valence electrons. The van der Waals surface area contributed by atoms with E-state index in [1.54, 1.807) is 0 Å². The molecule has 0 heterocycles. The first kappa shape index (κ1) is 16.5. The Bertz CT molecular complexity index is 187. The molecule has 2 heteroatoms. The van der Waals surface area contributed by atoms with Gasteiger partial charge in [-0.25, -0.2) is 0 Å². The largest absolute Gasteiger partial charge is 0.481 e. The Labute approximate surface area is 107 Å². The van der Waals surface area contributed by atoms with Crippen molar-refractivity contribution in [1.82, 2.24) is 0 Å². The lowest BCUT2D eigenvalue weighted by atomic mass is 9.96. The van der Waals surface area contributed by atoms with E-state index in [4.69, 9.17) is 5.11 Å². The van der Waals surface area contributed by atoms with E-state index < -0.39 is 5.97 Å². The summed E-state index contributed by atoms with van der Waals surface area (Å²) in [5, 5.41) is 9.01. The number of aliphatic carboxylic acids is 1. The fourth-order valence-electron chi connectivity index (χ4n) is 2.21. The van der Waals surface area contributed by atoms with Crippen LogP contribution in [0.4, 0.5) is 0 Å². The third-order valence-corrected chi connectivity index (χ3v) is 3.32. The van der Waals surface area contributed by atoms with E-state index in [1.807, 2.05) is 0 Å². The molecule has 17 heavy (non-hydrogen) atoms. The number of rotatable bonds is 11. The number of unbranched alkanes of at least 4 members (excludes halogenated alkanes) is 4. The minimum Gasteiger partial charge on any atom is -0.481 e. The summed E-state index contributed by atoms with van der Waals surface area (Å²) in [6.07, 6.45) is 10.2. The van der Waals surface area contributed by atoms with Crippen molar-refractivity contribution in [2.24, 2.45) is 11.8 Å². The van der Waals surface area contributed by atoms with Crippen molar-refractivity contribution in [2.75, 3.05) is 0 Å². The Morgan fingerprint density at radius 1 is 0.941 bits per heavy atom. The summed E-state index contributed by atoms with van der Waals surface area (Å²) in [5.41, 5.74) is 0. The predicted octanol–water partition coefficient (Wildman–Crippen LogP) is 4.87. The van der Waals surface area contributed by atoms with Crippen LogP contribution in [-0.2, 0) is 4.79 Å². The molecule has 1 N–H and O–H groups in total. The molecule has 1 unspecified atom stereocenters. The van der Waals surface area contributed by atoms with Crippen LogP contribution in [0.2, 0.25) is 0 Å². The highest BCUT2D eigenvalue weighted by Crippen LogP contribution is 2.17. The topological polar surface area (TPSA) is 37.3 Å². The second kappa shape index (κ2) is 10.6. The molecule has 0 rings (SSSR count). The van der Waals surface area contributed by atoms with Crippen molar-refractivity contribution in [3.63, 3.8) is 0 Å². The van der Waals surface area contributed by atoms with Crippen molar-refractivity contribution >= 4 is 5.97 Å². The van der Waals surface area contributed by atoms with Crippen LogP contribution in [0.25, 0.3) is 0 Å². The maximum atomic E-state index is 10.9. The molecule has 0 aliphatic heterocycles. The van der Waals surface area contributed by atoms with Gasteiger partial charge in [0, 0.05) is 0 Å². The Morgan fingerprint density at radius 3 is 1.94 bits per heavy atom. The van der Waals surface area contributed by atoms with E-state index in [1.165, 1.54) is 32.1 Å².